The van der Waals surface area contributed by atoms with Crippen molar-refractivity contribution in [2.75, 3.05) is 23.3 Å². The Morgan fingerprint density at radius 2 is 1.91 bits per heavy atom. The van der Waals surface area contributed by atoms with E-state index in [1.807, 2.05) is 24.3 Å². The quantitative estimate of drug-likeness (QED) is 0.683. The zero-order chi connectivity index (χ0) is 15.5. The number of nitro benzene ring substituents is 1. The minimum atomic E-state index is -0.638. The van der Waals surface area contributed by atoms with Gasteiger partial charge in [-0.05, 0) is 37.1 Å². The fraction of sp³-hybridized carbons (Fsp3) is 0.250. The van der Waals surface area contributed by atoms with Crippen LogP contribution in [0.3, 0.4) is 0 Å². The van der Waals surface area contributed by atoms with Crippen molar-refractivity contribution in [3.8, 4) is 0 Å². The molecule has 1 aliphatic heterocycles. The smallest absolute Gasteiger partial charge is 0.272 e. The fourth-order valence-corrected chi connectivity index (χ4v) is 2.63. The van der Waals surface area contributed by atoms with E-state index < -0.39 is 10.7 Å². The molecule has 1 N–H and O–H groups in total. The van der Waals surface area contributed by atoms with Gasteiger partial charge >= 0.3 is 0 Å². The molecule has 0 saturated carbocycles. The number of rotatable bonds is 4. The Hall–Kier alpha value is -2.63. The number of hydrogen-bond donors (Lipinski definition) is 1. The second-order valence-electron chi connectivity index (χ2n) is 5.29. The molecule has 5 nitrogen and oxygen atoms in total. The summed E-state index contributed by atoms with van der Waals surface area (Å²) in [5.41, 5.74) is 1.83. The Kier molecular flexibility index (Phi) is 3.91. The summed E-state index contributed by atoms with van der Waals surface area (Å²) in [6.45, 7) is 2.07. The van der Waals surface area contributed by atoms with E-state index in [-0.39, 0.29) is 11.4 Å². The van der Waals surface area contributed by atoms with Crippen molar-refractivity contribution in [3.05, 3.63) is 58.4 Å². The van der Waals surface area contributed by atoms with Gasteiger partial charge in [-0.3, -0.25) is 10.1 Å². The molecule has 1 saturated heterocycles. The minimum absolute atomic E-state index is 0.226. The molecule has 2 aromatic rings. The monoisotopic (exact) mass is 301 g/mol. The van der Waals surface area contributed by atoms with Crippen molar-refractivity contribution in [1.29, 1.82) is 0 Å². The van der Waals surface area contributed by atoms with Crippen molar-refractivity contribution in [2.45, 2.75) is 12.8 Å². The molecule has 22 heavy (non-hydrogen) atoms. The lowest BCUT2D eigenvalue weighted by Crippen LogP contribution is -2.17. The maximum absolute atomic E-state index is 13.9. The topological polar surface area (TPSA) is 58.4 Å². The lowest BCUT2D eigenvalue weighted by Gasteiger charge is -2.18. The maximum atomic E-state index is 13.9. The summed E-state index contributed by atoms with van der Waals surface area (Å²) in [4.78, 5) is 12.3. The Labute approximate surface area is 127 Å². The maximum Gasteiger partial charge on any atom is 0.272 e. The molecule has 1 fully saturated rings. The van der Waals surface area contributed by atoms with Gasteiger partial charge in [0.05, 0.1) is 16.7 Å². The molecule has 1 aliphatic rings. The first kappa shape index (κ1) is 14.3. The third kappa shape index (κ3) is 3.00. The van der Waals surface area contributed by atoms with Gasteiger partial charge in [0.25, 0.3) is 5.69 Å². The van der Waals surface area contributed by atoms with Gasteiger partial charge in [0.2, 0.25) is 0 Å². The van der Waals surface area contributed by atoms with E-state index in [0.717, 1.165) is 30.5 Å². The normalized spacial score (nSPS) is 14.1. The molecule has 0 spiro atoms. The van der Waals surface area contributed by atoms with Crippen LogP contribution in [0.1, 0.15) is 12.8 Å². The molecule has 0 atom stereocenters. The van der Waals surface area contributed by atoms with Crippen molar-refractivity contribution in [1.82, 2.24) is 0 Å². The minimum Gasteiger partial charge on any atom is -0.371 e. The third-order valence-electron chi connectivity index (χ3n) is 3.76. The summed E-state index contributed by atoms with van der Waals surface area (Å²) in [5, 5.41) is 13.6. The summed E-state index contributed by atoms with van der Waals surface area (Å²) in [5.74, 6) is -0.638. The lowest BCUT2D eigenvalue weighted by molar-refractivity contribution is -0.385. The summed E-state index contributed by atoms with van der Waals surface area (Å²) in [7, 11) is 0. The Balaban J connectivity index is 1.81. The molecule has 0 aromatic heterocycles. The predicted octanol–water partition coefficient (Wildman–Crippen LogP) is 4.08. The van der Waals surface area contributed by atoms with E-state index in [1.165, 1.54) is 25.0 Å². The van der Waals surface area contributed by atoms with E-state index in [9.17, 15) is 14.5 Å². The summed E-state index contributed by atoms with van der Waals surface area (Å²) >= 11 is 0. The standard InChI is InChI=1S/C16H16FN3O2/c17-15-11-14(20(21)22)6-7-16(15)18-12-4-3-5-13(10-12)19-8-1-2-9-19/h3-7,10-11,18H,1-2,8-9H2. The van der Waals surface area contributed by atoms with Crippen LogP contribution in [-0.2, 0) is 0 Å². The SMILES string of the molecule is O=[N+]([O-])c1ccc(Nc2cccc(N3CCCC3)c2)c(F)c1. The molecular weight excluding hydrogens is 285 g/mol. The van der Waals surface area contributed by atoms with Crippen molar-refractivity contribution in [3.63, 3.8) is 0 Å². The number of anilines is 3. The summed E-state index contributed by atoms with van der Waals surface area (Å²) < 4.78 is 13.9. The highest BCUT2D eigenvalue weighted by atomic mass is 19.1. The van der Waals surface area contributed by atoms with Gasteiger partial charge in [-0.15, -0.1) is 0 Å². The molecule has 0 radical (unpaired) electrons. The summed E-state index contributed by atoms with van der Waals surface area (Å²) in [6.07, 6.45) is 2.38. The molecule has 0 unspecified atom stereocenters. The number of nitro groups is 1. The highest BCUT2D eigenvalue weighted by molar-refractivity contribution is 5.66. The number of nitrogens with zero attached hydrogens (tertiary/aromatic N) is 2. The van der Waals surface area contributed by atoms with Gasteiger partial charge in [-0.1, -0.05) is 6.07 Å². The Morgan fingerprint density at radius 1 is 1.14 bits per heavy atom. The number of nitrogens with one attached hydrogen (secondary N) is 1. The largest absolute Gasteiger partial charge is 0.371 e. The molecule has 6 heteroatoms. The summed E-state index contributed by atoms with van der Waals surface area (Å²) in [6, 6.07) is 11.4. The van der Waals surface area contributed by atoms with Crippen molar-refractivity contribution in [2.24, 2.45) is 0 Å². The van der Waals surface area contributed by atoms with Crippen LogP contribution in [-0.4, -0.2) is 18.0 Å². The lowest BCUT2D eigenvalue weighted by atomic mass is 10.2. The van der Waals surface area contributed by atoms with Crippen LogP contribution >= 0.6 is 0 Å². The second-order valence-corrected chi connectivity index (χ2v) is 5.29. The number of hydrogen-bond acceptors (Lipinski definition) is 4. The molecular formula is C16H16FN3O2. The first-order valence-electron chi connectivity index (χ1n) is 7.19. The van der Waals surface area contributed by atoms with E-state index in [0.29, 0.717) is 0 Å². The first-order valence-corrected chi connectivity index (χ1v) is 7.19. The average molecular weight is 301 g/mol. The number of halogens is 1. The van der Waals surface area contributed by atoms with Crippen LogP contribution in [0.25, 0.3) is 0 Å². The van der Waals surface area contributed by atoms with Gasteiger partial charge in [-0.2, -0.15) is 0 Å². The number of non-ortho nitro benzene ring substituents is 1. The van der Waals surface area contributed by atoms with Crippen LogP contribution in [0, 0.1) is 15.9 Å². The highest BCUT2D eigenvalue weighted by Crippen LogP contribution is 2.27. The van der Waals surface area contributed by atoms with Crippen LogP contribution in [0.4, 0.5) is 27.1 Å². The fourth-order valence-electron chi connectivity index (χ4n) is 2.63. The zero-order valence-electron chi connectivity index (χ0n) is 12.0. The van der Waals surface area contributed by atoms with Gasteiger partial charge < -0.3 is 10.2 Å². The van der Waals surface area contributed by atoms with Crippen LogP contribution < -0.4 is 10.2 Å². The predicted molar refractivity (Wildman–Crippen MR) is 84.2 cm³/mol. The highest BCUT2D eigenvalue weighted by Gasteiger charge is 2.14. The van der Waals surface area contributed by atoms with Gasteiger partial charge in [0, 0.05) is 30.5 Å². The van der Waals surface area contributed by atoms with Crippen LogP contribution in [0.5, 0.6) is 0 Å². The van der Waals surface area contributed by atoms with E-state index in [2.05, 4.69) is 10.2 Å². The Bertz CT molecular complexity index is 700. The van der Waals surface area contributed by atoms with E-state index >= 15 is 0 Å². The van der Waals surface area contributed by atoms with Gasteiger partial charge in [0.1, 0.15) is 0 Å². The number of benzene rings is 2. The molecule has 0 amide bonds. The second kappa shape index (κ2) is 6.01. The Morgan fingerprint density at radius 3 is 2.59 bits per heavy atom. The molecule has 0 aliphatic carbocycles. The zero-order valence-corrected chi connectivity index (χ0v) is 12.0. The van der Waals surface area contributed by atoms with Crippen LogP contribution in [0.15, 0.2) is 42.5 Å². The molecule has 1 heterocycles. The van der Waals surface area contributed by atoms with E-state index in [1.54, 1.807) is 0 Å². The van der Waals surface area contributed by atoms with Crippen LogP contribution in [0.2, 0.25) is 0 Å². The van der Waals surface area contributed by atoms with Gasteiger partial charge in [-0.25, -0.2) is 4.39 Å². The third-order valence-corrected chi connectivity index (χ3v) is 3.76. The molecule has 3 rings (SSSR count). The van der Waals surface area contributed by atoms with Crippen molar-refractivity contribution >= 4 is 22.7 Å². The average Bonchev–Trinajstić information content (AvgIpc) is 3.04. The molecule has 0 bridgehead atoms. The van der Waals surface area contributed by atoms with Crippen molar-refractivity contribution < 1.29 is 9.31 Å². The van der Waals surface area contributed by atoms with E-state index in [4.69, 9.17) is 0 Å². The first-order chi connectivity index (χ1) is 10.6. The van der Waals surface area contributed by atoms with Gasteiger partial charge in [0.15, 0.2) is 5.82 Å². The molecule has 2 aromatic carbocycles. The molecule has 114 valence electrons.